The van der Waals surface area contributed by atoms with Crippen molar-refractivity contribution in [3.8, 4) is 17.2 Å². The molecular formula is C20H18N2O6. The third-order valence-electron chi connectivity index (χ3n) is 4.60. The highest BCUT2D eigenvalue weighted by molar-refractivity contribution is 6.03. The maximum Gasteiger partial charge on any atom is 0.264 e. The molecule has 0 aromatic heterocycles. The molecule has 2 aromatic carbocycles. The second-order valence-electron chi connectivity index (χ2n) is 6.46. The Bertz CT molecular complexity index is 971. The molecule has 0 unspecified atom stereocenters. The molecule has 28 heavy (non-hydrogen) atoms. The number of rotatable bonds is 5. The van der Waals surface area contributed by atoms with Gasteiger partial charge in [0, 0.05) is 37.2 Å². The van der Waals surface area contributed by atoms with Gasteiger partial charge in [0.25, 0.3) is 5.91 Å². The third kappa shape index (κ3) is 3.48. The molecule has 2 aliphatic rings. The van der Waals surface area contributed by atoms with Crippen LogP contribution in [0, 0.1) is 0 Å². The van der Waals surface area contributed by atoms with E-state index in [-0.39, 0.29) is 43.8 Å². The predicted octanol–water partition coefficient (Wildman–Crippen LogP) is 2.37. The first kappa shape index (κ1) is 17.8. The van der Waals surface area contributed by atoms with Gasteiger partial charge < -0.3 is 24.4 Å². The summed E-state index contributed by atoms with van der Waals surface area (Å²) in [7, 11) is 1.64. The van der Waals surface area contributed by atoms with Crippen molar-refractivity contribution >= 4 is 29.0 Å². The fourth-order valence-electron chi connectivity index (χ4n) is 3.01. The fraction of sp³-hybridized carbons (Fsp3) is 0.250. The SMILES string of the molecule is CN1C(=O)COc2ccc(C(=O)CCC(=O)Nc3ccc4c(c3)OCO4)cc21. The maximum atomic E-state index is 12.5. The molecule has 144 valence electrons. The van der Waals surface area contributed by atoms with Crippen LogP contribution in [0.1, 0.15) is 23.2 Å². The minimum Gasteiger partial charge on any atom is -0.482 e. The molecule has 0 saturated heterocycles. The molecule has 0 atom stereocenters. The Hall–Kier alpha value is -3.55. The zero-order valence-electron chi connectivity index (χ0n) is 15.2. The van der Waals surface area contributed by atoms with Crippen molar-refractivity contribution in [3.63, 3.8) is 0 Å². The third-order valence-corrected chi connectivity index (χ3v) is 4.60. The van der Waals surface area contributed by atoms with Crippen molar-refractivity contribution in [2.45, 2.75) is 12.8 Å². The van der Waals surface area contributed by atoms with E-state index in [1.165, 1.54) is 4.90 Å². The average molecular weight is 382 g/mol. The van der Waals surface area contributed by atoms with Gasteiger partial charge in [0.1, 0.15) is 5.75 Å². The van der Waals surface area contributed by atoms with Crippen LogP contribution in [-0.2, 0) is 9.59 Å². The number of carbonyl (C=O) groups excluding carboxylic acids is 3. The summed E-state index contributed by atoms with van der Waals surface area (Å²) in [5.41, 5.74) is 1.56. The summed E-state index contributed by atoms with van der Waals surface area (Å²) in [6, 6.07) is 10.0. The first-order valence-electron chi connectivity index (χ1n) is 8.77. The summed E-state index contributed by atoms with van der Waals surface area (Å²) >= 11 is 0. The first-order valence-corrected chi connectivity index (χ1v) is 8.77. The summed E-state index contributed by atoms with van der Waals surface area (Å²) in [5, 5.41) is 2.74. The van der Waals surface area contributed by atoms with Crippen LogP contribution in [0.4, 0.5) is 11.4 Å². The van der Waals surface area contributed by atoms with Crippen molar-refractivity contribution in [2.75, 3.05) is 30.7 Å². The topological polar surface area (TPSA) is 94.2 Å². The monoisotopic (exact) mass is 382 g/mol. The Labute approximate surface area is 161 Å². The van der Waals surface area contributed by atoms with Crippen LogP contribution in [0.5, 0.6) is 17.2 Å². The molecule has 0 fully saturated rings. The molecule has 2 heterocycles. The Morgan fingerprint density at radius 2 is 1.79 bits per heavy atom. The number of nitrogens with zero attached hydrogens (tertiary/aromatic N) is 1. The van der Waals surface area contributed by atoms with E-state index in [0.29, 0.717) is 34.2 Å². The smallest absolute Gasteiger partial charge is 0.264 e. The summed E-state index contributed by atoms with van der Waals surface area (Å²) < 4.78 is 15.9. The van der Waals surface area contributed by atoms with Gasteiger partial charge in [-0.1, -0.05) is 0 Å². The predicted molar refractivity (Wildman–Crippen MR) is 100 cm³/mol. The van der Waals surface area contributed by atoms with Crippen molar-refractivity contribution in [1.29, 1.82) is 0 Å². The molecule has 0 aliphatic carbocycles. The number of hydrogen-bond acceptors (Lipinski definition) is 6. The largest absolute Gasteiger partial charge is 0.482 e. The molecule has 2 aliphatic heterocycles. The van der Waals surface area contributed by atoms with Crippen molar-refractivity contribution in [2.24, 2.45) is 0 Å². The standard InChI is InChI=1S/C20H18N2O6/c1-22-14-8-12(2-5-16(14)26-10-20(22)25)15(23)4-7-19(24)21-13-3-6-17-18(9-13)28-11-27-17/h2-3,5-6,8-9H,4,7,10-11H2,1H3,(H,21,24). The van der Waals surface area contributed by atoms with Crippen molar-refractivity contribution in [1.82, 2.24) is 0 Å². The van der Waals surface area contributed by atoms with Crippen LogP contribution in [0.3, 0.4) is 0 Å². The summed E-state index contributed by atoms with van der Waals surface area (Å²) in [6.45, 7) is 0.144. The summed E-state index contributed by atoms with van der Waals surface area (Å²) in [6.07, 6.45) is 0.0866. The molecule has 0 spiro atoms. The number of anilines is 2. The molecule has 0 radical (unpaired) electrons. The lowest BCUT2D eigenvalue weighted by Gasteiger charge is -2.26. The number of ketones is 1. The Balaban J connectivity index is 1.36. The van der Waals surface area contributed by atoms with Gasteiger partial charge in [0.15, 0.2) is 23.9 Å². The van der Waals surface area contributed by atoms with E-state index in [1.54, 1.807) is 43.4 Å². The van der Waals surface area contributed by atoms with E-state index < -0.39 is 0 Å². The number of fused-ring (bicyclic) bond motifs is 2. The van der Waals surface area contributed by atoms with Crippen molar-refractivity contribution < 1.29 is 28.6 Å². The average Bonchev–Trinajstić information content (AvgIpc) is 3.16. The van der Waals surface area contributed by atoms with E-state index in [2.05, 4.69) is 5.32 Å². The highest BCUT2D eigenvalue weighted by Crippen LogP contribution is 2.34. The van der Waals surface area contributed by atoms with Crippen LogP contribution in [0.2, 0.25) is 0 Å². The molecular weight excluding hydrogens is 364 g/mol. The normalized spacial score (nSPS) is 14.3. The maximum absolute atomic E-state index is 12.5. The lowest BCUT2D eigenvalue weighted by atomic mass is 10.0. The molecule has 8 nitrogen and oxygen atoms in total. The van der Waals surface area contributed by atoms with Gasteiger partial charge in [-0.2, -0.15) is 0 Å². The lowest BCUT2D eigenvalue weighted by Crippen LogP contribution is -2.35. The summed E-state index contributed by atoms with van der Waals surface area (Å²) in [4.78, 5) is 37.8. The van der Waals surface area contributed by atoms with Crippen LogP contribution in [0.15, 0.2) is 36.4 Å². The number of nitrogens with one attached hydrogen (secondary N) is 1. The second kappa shape index (κ2) is 7.22. The molecule has 1 N–H and O–H groups in total. The van der Waals surface area contributed by atoms with Crippen LogP contribution in [-0.4, -0.2) is 38.0 Å². The minimum absolute atomic E-state index is 0.0170. The number of benzene rings is 2. The molecule has 8 heteroatoms. The molecule has 4 rings (SSSR count). The highest BCUT2D eigenvalue weighted by atomic mass is 16.7. The minimum atomic E-state index is -0.277. The number of hydrogen-bond donors (Lipinski definition) is 1. The Morgan fingerprint density at radius 3 is 2.64 bits per heavy atom. The van der Waals surface area contributed by atoms with Gasteiger partial charge in [-0.3, -0.25) is 14.4 Å². The first-order chi connectivity index (χ1) is 13.5. The van der Waals surface area contributed by atoms with Crippen molar-refractivity contribution in [3.05, 3.63) is 42.0 Å². The molecule has 2 aromatic rings. The molecule has 0 saturated carbocycles. The van der Waals surface area contributed by atoms with Crippen LogP contribution >= 0.6 is 0 Å². The zero-order valence-corrected chi connectivity index (χ0v) is 15.2. The van der Waals surface area contributed by atoms with Crippen LogP contribution in [0.25, 0.3) is 0 Å². The number of carbonyl (C=O) groups is 3. The highest BCUT2D eigenvalue weighted by Gasteiger charge is 2.23. The van der Waals surface area contributed by atoms with Gasteiger partial charge in [-0.05, 0) is 30.3 Å². The van der Waals surface area contributed by atoms with Gasteiger partial charge >= 0.3 is 0 Å². The molecule has 2 amide bonds. The van der Waals surface area contributed by atoms with E-state index in [0.717, 1.165) is 0 Å². The van der Waals surface area contributed by atoms with Gasteiger partial charge in [0.2, 0.25) is 12.7 Å². The fourth-order valence-corrected chi connectivity index (χ4v) is 3.01. The van der Waals surface area contributed by atoms with Gasteiger partial charge in [-0.15, -0.1) is 0 Å². The van der Waals surface area contributed by atoms with E-state index in [9.17, 15) is 14.4 Å². The lowest BCUT2D eigenvalue weighted by molar-refractivity contribution is -0.121. The number of Topliss-reactive ketones (excluding diaryl/α,β-unsaturated/α-hetero) is 1. The van der Waals surface area contributed by atoms with Crippen LogP contribution < -0.4 is 24.4 Å². The number of likely N-dealkylation sites (N-methyl/N-ethyl adjacent to an activating group) is 1. The van der Waals surface area contributed by atoms with E-state index >= 15 is 0 Å². The Kier molecular flexibility index (Phi) is 4.60. The number of ether oxygens (including phenoxy) is 3. The van der Waals surface area contributed by atoms with Gasteiger partial charge in [0.05, 0.1) is 5.69 Å². The zero-order chi connectivity index (χ0) is 19.7. The van der Waals surface area contributed by atoms with E-state index in [1.807, 2.05) is 0 Å². The second-order valence-corrected chi connectivity index (χ2v) is 6.46. The number of amides is 2. The quantitative estimate of drug-likeness (QED) is 0.798. The summed E-state index contributed by atoms with van der Waals surface area (Å²) in [5.74, 6) is 1.12. The van der Waals surface area contributed by atoms with Gasteiger partial charge in [-0.25, -0.2) is 0 Å². The molecule has 0 bridgehead atoms. The van der Waals surface area contributed by atoms with E-state index in [4.69, 9.17) is 14.2 Å². The Morgan fingerprint density at radius 1 is 1.00 bits per heavy atom.